The maximum absolute atomic E-state index is 12.4. The predicted octanol–water partition coefficient (Wildman–Crippen LogP) is 3.58. The van der Waals surface area contributed by atoms with E-state index in [1.165, 1.54) is 0 Å². The van der Waals surface area contributed by atoms with Crippen LogP contribution in [0.15, 0.2) is 0 Å². The van der Waals surface area contributed by atoms with Crippen molar-refractivity contribution in [3.8, 4) is 6.07 Å². The van der Waals surface area contributed by atoms with E-state index < -0.39 is 19.2 Å². The largest absolute Gasteiger partial charge is 0.439 e. The van der Waals surface area contributed by atoms with E-state index >= 15 is 0 Å². The molecule has 82 valence electrons. The molecule has 0 spiro atoms. The second kappa shape index (κ2) is 5.41. The number of rotatable bonds is 5. The summed E-state index contributed by atoms with van der Waals surface area (Å²) in [5.41, 5.74) is 0. The van der Waals surface area contributed by atoms with Gasteiger partial charge in [0.25, 0.3) is 0 Å². The van der Waals surface area contributed by atoms with E-state index in [2.05, 4.69) is 0 Å². The molecule has 0 radical (unpaired) electrons. The molecule has 0 heterocycles. The Bertz CT molecular complexity index is 256. The molecular weight excluding hydrogens is 214 g/mol. The minimum Gasteiger partial charge on any atom is -0.314 e. The molecule has 1 atom stereocenters. The highest BCUT2D eigenvalue weighted by atomic mass is 31.2. The van der Waals surface area contributed by atoms with Crippen molar-refractivity contribution in [2.75, 3.05) is 12.3 Å². The van der Waals surface area contributed by atoms with Crippen LogP contribution in [-0.2, 0) is 4.57 Å². The zero-order valence-corrected chi connectivity index (χ0v) is 8.87. The lowest BCUT2D eigenvalue weighted by atomic mass is 10.4. The van der Waals surface area contributed by atoms with Gasteiger partial charge < -0.3 is 4.57 Å². The molecule has 0 bridgehead atoms. The molecule has 0 aliphatic heterocycles. The molecule has 0 fully saturated rings. The van der Waals surface area contributed by atoms with Gasteiger partial charge in [-0.15, -0.1) is 0 Å². The van der Waals surface area contributed by atoms with Crippen LogP contribution in [0.5, 0.6) is 0 Å². The van der Waals surface area contributed by atoms with Crippen LogP contribution in [0.4, 0.5) is 13.2 Å². The maximum Gasteiger partial charge on any atom is 0.439 e. The van der Waals surface area contributed by atoms with Gasteiger partial charge in [0.1, 0.15) is 0 Å². The van der Waals surface area contributed by atoms with Crippen LogP contribution in [0.2, 0.25) is 0 Å². The van der Waals surface area contributed by atoms with Gasteiger partial charge in [0.2, 0.25) is 0 Å². The van der Waals surface area contributed by atoms with E-state index in [1.807, 2.05) is 0 Å². The van der Waals surface area contributed by atoms with Gasteiger partial charge in [-0.2, -0.15) is 18.4 Å². The Morgan fingerprint density at radius 2 is 1.93 bits per heavy atom. The molecule has 0 aromatic heterocycles. The summed E-state index contributed by atoms with van der Waals surface area (Å²) in [7, 11) is -4.16. The summed E-state index contributed by atoms with van der Waals surface area (Å²) in [6.07, 6.45) is -0.281. The van der Waals surface area contributed by atoms with E-state index in [0.29, 0.717) is 12.8 Å². The third-order valence-electron chi connectivity index (χ3n) is 1.92. The molecule has 2 nitrogen and oxygen atoms in total. The van der Waals surface area contributed by atoms with Crippen LogP contribution in [0.25, 0.3) is 0 Å². The fourth-order valence-corrected chi connectivity index (χ4v) is 3.03. The van der Waals surface area contributed by atoms with Gasteiger partial charge in [-0.1, -0.05) is 13.3 Å². The average Bonchev–Trinajstić information content (AvgIpc) is 2.09. The summed E-state index contributed by atoms with van der Waals surface area (Å²) in [4.78, 5) is 0. The Kier molecular flexibility index (Phi) is 5.22. The van der Waals surface area contributed by atoms with Crippen LogP contribution < -0.4 is 0 Å². The van der Waals surface area contributed by atoms with Crippen LogP contribution in [-0.4, -0.2) is 18.2 Å². The highest BCUT2D eigenvalue weighted by molar-refractivity contribution is 7.64. The second-order valence-electron chi connectivity index (χ2n) is 3.07. The molecule has 1 unspecified atom stereocenters. The maximum atomic E-state index is 12.4. The van der Waals surface area contributed by atoms with Crippen molar-refractivity contribution < 1.29 is 17.7 Å². The summed E-state index contributed by atoms with van der Waals surface area (Å²) in [5, 5.41) is 8.18. The van der Waals surface area contributed by atoms with E-state index in [-0.39, 0.29) is 12.6 Å². The zero-order valence-electron chi connectivity index (χ0n) is 7.97. The number of alkyl halides is 3. The highest BCUT2D eigenvalue weighted by Crippen LogP contribution is 2.61. The monoisotopic (exact) mass is 227 g/mol. The van der Waals surface area contributed by atoms with Gasteiger partial charge >= 0.3 is 5.92 Å². The Labute approximate surface area is 81.5 Å². The lowest BCUT2D eigenvalue weighted by Gasteiger charge is -2.19. The standard InChI is InChI=1S/C8H13F3NOP/c1-2-3-6-14(13,7-4-5-12)8(9,10)11/h2-4,6-7H2,1H3. The SMILES string of the molecule is CCCCP(=O)(CCC#N)C(F)(F)F. The van der Waals surface area contributed by atoms with Gasteiger partial charge in [0.05, 0.1) is 6.07 Å². The molecule has 0 rings (SSSR count). The van der Waals surface area contributed by atoms with Crippen LogP contribution in [0.3, 0.4) is 0 Å². The molecule has 0 aromatic carbocycles. The first kappa shape index (κ1) is 13.5. The third kappa shape index (κ3) is 3.71. The van der Waals surface area contributed by atoms with Gasteiger partial charge in [0.15, 0.2) is 7.14 Å². The zero-order chi connectivity index (χ0) is 11.2. The Morgan fingerprint density at radius 1 is 1.36 bits per heavy atom. The number of halogens is 3. The van der Waals surface area contributed by atoms with Gasteiger partial charge in [-0.3, -0.25) is 0 Å². The minimum atomic E-state index is -4.64. The third-order valence-corrected chi connectivity index (χ3v) is 4.83. The van der Waals surface area contributed by atoms with Crippen molar-refractivity contribution in [3.63, 3.8) is 0 Å². The molecule has 0 saturated heterocycles. The number of nitriles is 1. The lowest BCUT2D eigenvalue weighted by Crippen LogP contribution is -2.14. The van der Waals surface area contributed by atoms with Crippen LogP contribution >= 0.6 is 7.14 Å². The van der Waals surface area contributed by atoms with Crippen molar-refractivity contribution in [2.45, 2.75) is 32.1 Å². The fourth-order valence-electron chi connectivity index (χ4n) is 1.01. The molecule has 0 aromatic rings. The van der Waals surface area contributed by atoms with Gasteiger partial charge in [0, 0.05) is 18.7 Å². The summed E-state index contributed by atoms with van der Waals surface area (Å²) in [5.74, 6) is -4.64. The van der Waals surface area contributed by atoms with Crippen LogP contribution in [0.1, 0.15) is 26.2 Å². The minimum absolute atomic E-state index is 0.291. The summed E-state index contributed by atoms with van der Waals surface area (Å²) in [6.45, 7) is 1.74. The smallest absolute Gasteiger partial charge is 0.314 e. The molecule has 0 N–H and O–H groups in total. The first-order valence-electron chi connectivity index (χ1n) is 4.39. The topological polar surface area (TPSA) is 40.9 Å². The normalized spacial score (nSPS) is 15.9. The summed E-state index contributed by atoms with van der Waals surface area (Å²) >= 11 is 0. The molecule has 0 aliphatic rings. The Morgan fingerprint density at radius 3 is 2.29 bits per heavy atom. The molecule has 0 aliphatic carbocycles. The van der Waals surface area contributed by atoms with Crippen molar-refractivity contribution in [1.82, 2.24) is 0 Å². The quantitative estimate of drug-likeness (QED) is 0.673. The fraction of sp³-hybridized carbons (Fsp3) is 0.875. The van der Waals surface area contributed by atoms with Crippen molar-refractivity contribution in [2.24, 2.45) is 0 Å². The lowest BCUT2D eigenvalue weighted by molar-refractivity contribution is -0.0467. The Balaban J connectivity index is 4.53. The second-order valence-corrected chi connectivity index (χ2v) is 6.25. The van der Waals surface area contributed by atoms with Gasteiger partial charge in [-0.05, 0) is 6.42 Å². The Hall–Kier alpha value is -0.490. The van der Waals surface area contributed by atoms with Crippen LogP contribution in [0, 0.1) is 11.3 Å². The van der Waals surface area contributed by atoms with Gasteiger partial charge in [-0.25, -0.2) is 0 Å². The van der Waals surface area contributed by atoms with E-state index in [9.17, 15) is 17.7 Å². The summed E-state index contributed by atoms with van der Waals surface area (Å²) < 4.78 is 48.6. The molecule has 6 heteroatoms. The molecular formula is C8H13F3NOP. The predicted molar refractivity (Wildman–Crippen MR) is 48.5 cm³/mol. The van der Waals surface area contributed by atoms with Crippen molar-refractivity contribution in [1.29, 1.82) is 5.26 Å². The van der Waals surface area contributed by atoms with Crippen molar-refractivity contribution in [3.05, 3.63) is 0 Å². The average molecular weight is 227 g/mol. The molecule has 0 saturated carbocycles. The van der Waals surface area contributed by atoms with E-state index in [1.54, 1.807) is 13.0 Å². The number of hydrogen-bond acceptors (Lipinski definition) is 2. The first-order valence-corrected chi connectivity index (χ1v) is 6.47. The molecule has 0 amide bonds. The highest BCUT2D eigenvalue weighted by Gasteiger charge is 2.49. The number of unbranched alkanes of at least 4 members (excludes halogenated alkanes) is 1. The molecule has 14 heavy (non-hydrogen) atoms. The number of hydrogen-bond donors (Lipinski definition) is 0. The van der Waals surface area contributed by atoms with Crippen molar-refractivity contribution >= 4 is 7.14 Å². The summed E-state index contributed by atoms with van der Waals surface area (Å²) in [6, 6.07) is 1.60. The number of nitrogens with zero attached hydrogens (tertiary/aromatic N) is 1. The van der Waals surface area contributed by atoms with E-state index in [0.717, 1.165) is 0 Å². The first-order chi connectivity index (χ1) is 6.37. The van der Waals surface area contributed by atoms with E-state index in [4.69, 9.17) is 5.26 Å².